The molecule has 1 atom stereocenters. The topological polar surface area (TPSA) is 84.5 Å². The van der Waals surface area contributed by atoms with E-state index in [-0.39, 0.29) is 24.1 Å². The van der Waals surface area contributed by atoms with Gasteiger partial charge < -0.3 is 4.74 Å². The van der Waals surface area contributed by atoms with Crippen molar-refractivity contribution in [1.82, 2.24) is 9.55 Å². The number of benzene rings is 1. The molecule has 2 aromatic rings. The molecule has 0 saturated carbocycles. The van der Waals surface area contributed by atoms with Crippen molar-refractivity contribution < 1.29 is 9.53 Å². The van der Waals surface area contributed by atoms with Crippen molar-refractivity contribution in [3.8, 4) is 0 Å². The Kier molecular flexibility index (Phi) is 4.24. The Hall–Kier alpha value is -2.47. The number of carbonyl (C=O) groups excluding carboxylic acids is 1. The normalized spacial score (nSPS) is 16.2. The number of carbonyl (C=O) groups is 1. The number of ether oxygens (including phenoxy) is 1. The van der Waals surface area contributed by atoms with Gasteiger partial charge in [0, 0.05) is 11.1 Å². The maximum Gasteiger partial charge on any atom is 0.329 e. The van der Waals surface area contributed by atoms with Crippen molar-refractivity contribution in [3.05, 3.63) is 67.0 Å². The number of nitrogens with one attached hydrogen (secondary N) is 1. The van der Waals surface area contributed by atoms with Gasteiger partial charge in [0.15, 0.2) is 0 Å². The minimum atomic E-state index is -0.569. The van der Waals surface area contributed by atoms with Gasteiger partial charge in [-0.25, -0.2) is 4.79 Å². The molecule has 0 spiro atoms. The van der Waals surface area contributed by atoms with Crippen LogP contribution in [0.15, 0.2) is 27.8 Å². The lowest BCUT2D eigenvalue weighted by Gasteiger charge is -2.14. The number of aromatic amines is 1. The number of nitrogens with zero attached hydrogens (tertiary/aromatic N) is 1. The predicted octanol–water partition coefficient (Wildman–Crippen LogP) is 1.35. The van der Waals surface area contributed by atoms with E-state index in [0.29, 0.717) is 24.2 Å². The molecule has 6 heteroatoms. The van der Waals surface area contributed by atoms with Crippen LogP contribution in [0, 0.1) is 13.8 Å². The van der Waals surface area contributed by atoms with Crippen molar-refractivity contribution >= 4 is 5.78 Å². The third kappa shape index (κ3) is 3.10. The summed E-state index contributed by atoms with van der Waals surface area (Å²) >= 11 is 0. The average Bonchev–Trinajstić information content (AvgIpc) is 3.32. The van der Waals surface area contributed by atoms with E-state index < -0.39 is 11.2 Å². The van der Waals surface area contributed by atoms with Crippen LogP contribution in [0.1, 0.15) is 39.7 Å². The van der Waals surface area contributed by atoms with Crippen LogP contribution in [0.3, 0.4) is 0 Å². The summed E-state index contributed by atoms with van der Waals surface area (Å²) in [5.41, 5.74) is 1.84. The fraction of sp³-hybridized carbons (Fsp3) is 0.389. The Labute approximate surface area is 139 Å². The van der Waals surface area contributed by atoms with E-state index in [9.17, 15) is 14.4 Å². The second-order valence-corrected chi connectivity index (χ2v) is 6.21. The molecule has 24 heavy (non-hydrogen) atoms. The molecule has 0 radical (unpaired) electrons. The lowest BCUT2D eigenvalue weighted by Crippen LogP contribution is -2.38. The first-order valence-electron chi connectivity index (χ1n) is 8.01. The zero-order chi connectivity index (χ0) is 17.4. The average molecular weight is 328 g/mol. The maximum atomic E-state index is 13.1. The van der Waals surface area contributed by atoms with Crippen LogP contribution in [0.25, 0.3) is 0 Å². The van der Waals surface area contributed by atoms with Gasteiger partial charge in [0.05, 0.1) is 19.3 Å². The smallest absolute Gasteiger partial charge is 0.329 e. The number of H-pyrrole nitrogens is 1. The van der Waals surface area contributed by atoms with Gasteiger partial charge in [-0.1, -0.05) is 24.1 Å². The van der Waals surface area contributed by atoms with E-state index in [1.54, 1.807) is 19.1 Å². The largest absolute Gasteiger partial charge is 0.371 e. The fourth-order valence-electron chi connectivity index (χ4n) is 2.99. The van der Waals surface area contributed by atoms with E-state index in [1.807, 2.05) is 19.9 Å². The van der Waals surface area contributed by atoms with E-state index >= 15 is 0 Å². The van der Waals surface area contributed by atoms with Crippen molar-refractivity contribution in [2.24, 2.45) is 0 Å². The molecule has 1 fully saturated rings. The number of hydrogen-bond donors (Lipinski definition) is 1. The summed E-state index contributed by atoms with van der Waals surface area (Å²) in [5.74, 6) is -0.303. The minimum Gasteiger partial charge on any atom is -0.371 e. The number of ketones is 1. The molecule has 1 saturated heterocycles. The molecule has 2 heterocycles. The third-order valence-corrected chi connectivity index (χ3v) is 4.14. The molecule has 126 valence electrons. The van der Waals surface area contributed by atoms with Gasteiger partial charge in [0.25, 0.3) is 5.56 Å². The van der Waals surface area contributed by atoms with Gasteiger partial charge in [-0.3, -0.25) is 19.1 Å². The summed E-state index contributed by atoms with van der Waals surface area (Å²) in [6.45, 7) is 6.45. The summed E-state index contributed by atoms with van der Waals surface area (Å²) in [6, 6.07) is 5.53. The van der Waals surface area contributed by atoms with Crippen LogP contribution >= 0.6 is 0 Å². The second-order valence-electron chi connectivity index (χ2n) is 6.21. The molecular weight excluding hydrogens is 308 g/mol. The molecule has 1 aliphatic rings. The van der Waals surface area contributed by atoms with Crippen molar-refractivity contribution in [2.45, 2.75) is 39.8 Å². The lowest BCUT2D eigenvalue weighted by molar-refractivity contribution is 0.102. The molecule has 0 amide bonds. The molecule has 1 unspecified atom stereocenters. The molecule has 1 N–H and O–H groups in total. The van der Waals surface area contributed by atoms with E-state index in [1.165, 1.54) is 4.57 Å². The zero-order valence-corrected chi connectivity index (χ0v) is 14.0. The van der Waals surface area contributed by atoms with Crippen LogP contribution in [0.4, 0.5) is 0 Å². The highest BCUT2D eigenvalue weighted by Gasteiger charge is 2.28. The summed E-state index contributed by atoms with van der Waals surface area (Å²) in [7, 11) is 0. The summed E-state index contributed by atoms with van der Waals surface area (Å²) in [6.07, 6.45) is 0.289. The Morgan fingerprint density at radius 2 is 1.88 bits per heavy atom. The predicted molar refractivity (Wildman–Crippen MR) is 89.8 cm³/mol. The van der Waals surface area contributed by atoms with Gasteiger partial charge in [-0.2, -0.15) is 0 Å². The van der Waals surface area contributed by atoms with Crippen LogP contribution in [-0.4, -0.2) is 28.0 Å². The highest BCUT2D eigenvalue weighted by atomic mass is 16.6. The lowest BCUT2D eigenvalue weighted by atomic mass is 9.99. The van der Waals surface area contributed by atoms with Gasteiger partial charge in [-0.15, -0.1) is 0 Å². The molecule has 1 aliphatic heterocycles. The first kappa shape index (κ1) is 16.4. The molecule has 6 nitrogen and oxygen atoms in total. The number of aryl methyl sites for hydroxylation is 2. The van der Waals surface area contributed by atoms with Crippen LogP contribution in [0.5, 0.6) is 0 Å². The highest BCUT2D eigenvalue weighted by Crippen LogP contribution is 2.18. The van der Waals surface area contributed by atoms with Gasteiger partial charge in [-0.05, 0) is 32.4 Å². The van der Waals surface area contributed by atoms with Crippen molar-refractivity contribution in [1.29, 1.82) is 0 Å². The Balaban J connectivity index is 2.21. The molecule has 0 bridgehead atoms. The van der Waals surface area contributed by atoms with E-state index in [2.05, 4.69) is 4.98 Å². The van der Waals surface area contributed by atoms with Gasteiger partial charge in [0.1, 0.15) is 5.69 Å². The van der Waals surface area contributed by atoms with Crippen molar-refractivity contribution in [2.75, 3.05) is 6.61 Å². The van der Waals surface area contributed by atoms with Crippen molar-refractivity contribution in [3.63, 3.8) is 0 Å². The number of hydrogen-bond acceptors (Lipinski definition) is 4. The first-order chi connectivity index (χ1) is 11.4. The first-order valence-corrected chi connectivity index (χ1v) is 8.01. The van der Waals surface area contributed by atoms with Gasteiger partial charge >= 0.3 is 5.69 Å². The summed E-state index contributed by atoms with van der Waals surface area (Å²) in [5, 5.41) is 0. The quantitative estimate of drug-likeness (QED) is 0.663. The zero-order valence-electron chi connectivity index (χ0n) is 14.0. The van der Waals surface area contributed by atoms with E-state index in [4.69, 9.17) is 4.74 Å². The third-order valence-electron chi connectivity index (χ3n) is 4.14. The number of epoxide rings is 1. The van der Waals surface area contributed by atoms with Crippen LogP contribution in [-0.2, 0) is 17.7 Å². The standard InChI is InChI=1S/C18H20N2O4/c1-4-14-15(16(21)12-6-10(2)5-11(3)7-12)20(8-13-9-24-13)18(23)19-17(14)22/h5-7,13H,4,8-9H2,1-3H3,(H,19,22,23). The maximum absolute atomic E-state index is 13.1. The monoisotopic (exact) mass is 328 g/mol. The molecule has 1 aromatic heterocycles. The second kappa shape index (κ2) is 6.20. The number of rotatable bonds is 5. The Bertz CT molecular complexity index is 899. The van der Waals surface area contributed by atoms with Crippen LogP contribution < -0.4 is 11.2 Å². The SMILES string of the molecule is CCc1c(C(=O)c2cc(C)cc(C)c2)n(CC2CO2)c(=O)[nH]c1=O. The molecule has 1 aromatic carbocycles. The Morgan fingerprint density at radius 1 is 1.25 bits per heavy atom. The summed E-state index contributed by atoms with van der Waals surface area (Å²) in [4.78, 5) is 39.8. The molecule has 3 rings (SSSR count). The van der Waals surface area contributed by atoms with Crippen LogP contribution in [0.2, 0.25) is 0 Å². The highest BCUT2D eigenvalue weighted by molar-refractivity contribution is 6.09. The van der Waals surface area contributed by atoms with Gasteiger partial charge in [0.2, 0.25) is 5.78 Å². The summed E-state index contributed by atoms with van der Waals surface area (Å²) < 4.78 is 6.53. The fourth-order valence-corrected chi connectivity index (χ4v) is 2.99. The number of aromatic nitrogens is 2. The minimum absolute atomic E-state index is 0.0795. The molecule has 0 aliphatic carbocycles. The Morgan fingerprint density at radius 3 is 2.42 bits per heavy atom. The molecular formula is C18H20N2O4. The van der Waals surface area contributed by atoms with E-state index in [0.717, 1.165) is 11.1 Å².